The van der Waals surface area contributed by atoms with Crippen LogP contribution in [0.15, 0.2) is 71.7 Å². The normalized spacial score (nSPS) is 22.2. The maximum absolute atomic E-state index is 13.7. The number of fused-ring (bicyclic) bond motifs is 1. The minimum atomic E-state index is -0.894. The standard InChI is InChI=1S/C47H50ClN11O6/c1-46(2)44(47(3,4)45(46)65-33-11-7-30(25-49)35(48)24-33)51-40(61)28-5-8-31(9-6-28)58-26-37(53-54-58)27-15-21-57(22-16-27)42(63)29-17-19-56(20-18-29)32-10-12-36-34(23-32)43(64)59(55-52-36)38-13-14-39(60)50-41(38)62/h5-12,23-24,26-27,29,38,44-45H,13-22H2,1-4H3,(H,51,61)(H,50,60,62). The van der Waals surface area contributed by atoms with E-state index in [9.17, 15) is 29.2 Å². The molecule has 0 radical (unpaired) electrons. The first-order valence-electron chi connectivity index (χ1n) is 22.1. The number of aromatic nitrogens is 6. The van der Waals surface area contributed by atoms with Crippen LogP contribution < -0.4 is 25.8 Å². The quantitative estimate of drug-likeness (QED) is 0.185. The summed E-state index contributed by atoms with van der Waals surface area (Å²) in [5.74, 6) is -0.306. The minimum absolute atomic E-state index is 0.0948. The molecular formula is C47H50ClN11O6. The SMILES string of the molecule is CC1(C)C(NC(=O)c2ccc(-n3cc(C4CCN(C(=O)C5CCN(c6ccc7nnn(C8CCC(=O)NC8=O)c(=O)c7c6)CC5)CC4)nn3)cc2)C(C)(C)C1Oc1ccc(C#N)c(Cl)c1. The predicted molar refractivity (Wildman–Crippen MR) is 239 cm³/mol. The zero-order chi connectivity index (χ0) is 45.8. The summed E-state index contributed by atoms with van der Waals surface area (Å²) in [4.78, 5) is 68.9. The van der Waals surface area contributed by atoms with Gasteiger partial charge in [-0.15, -0.1) is 10.2 Å². The number of nitrogens with zero attached hydrogens (tertiary/aromatic N) is 9. The zero-order valence-electron chi connectivity index (χ0n) is 36.7. The van der Waals surface area contributed by atoms with E-state index < -0.39 is 28.3 Å². The van der Waals surface area contributed by atoms with E-state index in [1.165, 1.54) is 0 Å². The number of imide groups is 1. The lowest BCUT2D eigenvalue weighted by Crippen LogP contribution is -2.74. The van der Waals surface area contributed by atoms with Crippen LogP contribution in [0.1, 0.15) is 99.8 Å². The third kappa shape index (κ3) is 8.20. The number of nitriles is 1. The van der Waals surface area contributed by atoms with Gasteiger partial charge in [0.2, 0.25) is 11.8 Å². The van der Waals surface area contributed by atoms with Crippen molar-refractivity contribution in [2.45, 2.75) is 90.3 Å². The van der Waals surface area contributed by atoms with Gasteiger partial charge >= 0.3 is 0 Å². The number of ether oxygens (including phenoxy) is 1. The highest BCUT2D eigenvalue weighted by atomic mass is 35.5. The Morgan fingerprint density at radius 3 is 2.25 bits per heavy atom. The number of carbonyl (C=O) groups excluding carboxylic acids is 4. The summed E-state index contributed by atoms with van der Waals surface area (Å²) in [7, 11) is 0. The molecule has 5 aromatic rings. The average molecular weight is 900 g/mol. The molecule has 4 aliphatic rings. The second kappa shape index (κ2) is 17.0. The van der Waals surface area contributed by atoms with E-state index in [0.717, 1.165) is 34.6 Å². The van der Waals surface area contributed by atoms with E-state index in [-0.39, 0.29) is 54.5 Å². The molecule has 18 heteroatoms. The number of benzene rings is 3. The van der Waals surface area contributed by atoms with E-state index in [4.69, 9.17) is 16.3 Å². The Morgan fingerprint density at radius 2 is 1.57 bits per heavy atom. The van der Waals surface area contributed by atoms with Gasteiger partial charge in [0.1, 0.15) is 29.5 Å². The summed E-state index contributed by atoms with van der Waals surface area (Å²) in [5, 5.41) is 32.5. The Morgan fingerprint density at radius 1 is 0.862 bits per heavy atom. The van der Waals surface area contributed by atoms with Gasteiger partial charge in [0.05, 0.1) is 33.6 Å². The zero-order valence-corrected chi connectivity index (χ0v) is 37.4. The topological polar surface area (TPSA) is 210 Å². The Labute approximate surface area is 380 Å². The summed E-state index contributed by atoms with van der Waals surface area (Å²) in [6.45, 7) is 10.8. The third-order valence-electron chi connectivity index (χ3n) is 13.9. The Kier molecular flexibility index (Phi) is 11.4. The second-order valence-electron chi connectivity index (χ2n) is 18.8. The number of hydrogen-bond acceptors (Lipinski definition) is 12. The molecule has 5 heterocycles. The van der Waals surface area contributed by atoms with Gasteiger partial charge in [-0.25, -0.2) is 4.68 Å². The van der Waals surface area contributed by atoms with Crippen LogP contribution in [0.3, 0.4) is 0 Å². The van der Waals surface area contributed by atoms with Crippen molar-refractivity contribution in [3.63, 3.8) is 0 Å². The van der Waals surface area contributed by atoms with E-state index in [2.05, 4.69) is 69.9 Å². The first-order valence-corrected chi connectivity index (χ1v) is 22.5. The highest BCUT2D eigenvalue weighted by Gasteiger charge is 2.64. The van der Waals surface area contributed by atoms with Crippen molar-refractivity contribution in [3.05, 3.63) is 99.1 Å². The number of rotatable bonds is 9. The Hall–Kier alpha value is -6.67. The summed E-state index contributed by atoms with van der Waals surface area (Å²) in [5.41, 5.74) is 2.59. The Bertz CT molecular complexity index is 2780. The lowest BCUT2D eigenvalue weighted by atomic mass is 9.49. The molecule has 336 valence electrons. The number of halogens is 1. The summed E-state index contributed by atoms with van der Waals surface area (Å²) in [6.07, 6.45) is 4.95. The van der Waals surface area contributed by atoms with Crippen LogP contribution in [-0.4, -0.2) is 96.8 Å². The van der Waals surface area contributed by atoms with Crippen LogP contribution in [0.2, 0.25) is 5.02 Å². The Balaban J connectivity index is 0.754. The maximum Gasteiger partial charge on any atom is 0.278 e. The van der Waals surface area contributed by atoms with E-state index in [1.54, 1.807) is 47.1 Å². The van der Waals surface area contributed by atoms with Crippen molar-refractivity contribution in [2.75, 3.05) is 31.1 Å². The van der Waals surface area contributed by atoms with Crippen LogP contribution in [0.4, 0.5) is 5.69 Å². The molecule has 9 rings (SSSR count). The van der Waals surface area contributed by atoms with Crippen LogP contribution >= 0.6 is 11.6 Å². The summed E-state index contributed by atoms with van der Waals surface area (Å²) >= 11 is 6.25. The maximum atomic E-state index is 13.7. The largest absolute Gasteiger partial charge is 0.489 e. The molecule has 4 fully saturated rings. The number of likely N-dealkylation sites (tertiary alicyclic amines) is 1. The van der Waals surface area contributed by atoms with Gasteiger partial charge in [-0.1, -0.05) is 49.7 Å². The summed E-state index contributed by atoms with van der Waals surface area (Å²) in [6, 6.07) is 18.7. The van der Waals surface area contributed by atoms with Gasteiger partial charge in [0.15, 0.2) is 0 Å². The van der Waals surface area contributed by atoms with Crippen molar-refractivity contribution in [2.24, 2.45) is 16.7 Å². The van der Waals surface area contributed by atoms with E-state index >= 15 is 0 Å². The molecule has 1 saturated carbocycles. The van der Waals surface area contributed by atoms with E-state index in [1.807, 2.05) is 29.3 Å². The molecule has 2 N–H and O–H groups in total. The molecule has 1 unspecified atom stereocenters. The second-order valence-corrected chi connectivity index (χ2v) is 19.2. The van der Waals surface area contributed by atoms with Crippen molar-refractivity contribution in [1.29, 1.82) is 5.26 Å². The van der Waals surface area contributed by atoms with Crippen LogP contribution in [0, 0.1) is 28.1 Å². The number of nitrogens with one attached hydrogen (secondary N) is 2. The highest BCUT2D eigenvalue weighted by molar-refractivity contribution is 6.31. The minimum Gasteiger partial charge on any atom is -0.489 e. The van der Waals surface area contributed by atoms with Crippen LogP contribution in [0.5, 0.6) is 5.75 Å². The number of amides is 4. The molecule has 0 bridgehead atoms. The molecule has 4 amide bonds. The van der Waals surface area contributed by atoms with Gasteiger partial charge in [-0.05, 0) is 86.7 Å². The molecule has 2 aromatic heterocycles. The van der Waals surface area contributed by atoms with Gasteiger partial charge in [0, 0.05) is 78.6 Å². The van der Waals surface area contributed by atoms with Gasteiger partial charge < -0.3 is 19.9 Å². The fourth-order valence-corrected chi connectivity index (χ4v) is 10.8. The lowest BCUT2D eigenvalue weighted by Gasteiger charge is -2.63. The van der Waals surface area contributed by atoms with Crippen molar-refractivity contribution >= 4 is 51.8 Å². The van der Waals surface area contributed by atoms with Crippen molar-refractivity contribution in [3.8, 4) is 17.5 Å². The summed E-state index contributed by atoms with van der Waals surface area (Å²) < 4.78 is 9.16. The highest BCUT2D eigenvalue weighted by Crippen LogP contribution is 2.55. The number of hydrogen-bond donors (Lipinski definition) is 2. The molecule has 3 aliphatic heterocycles. The number of carbonyl (C=O) groups is 4. The molecule has 3 aromatic carbocycles. The number of anilines is 1. The molecule has 65 heavy (non-hydrogen) atoms. The van der Waals surface area contributed by atoms with E-state index in [0.29, 0.717) is 71.8 Å². The average Bonchev–Trinajstić information content (AvgIpc) is 3.81. The monoisotopic (exact) mass is 899 g/mol. The first-order chi connectivity index (χ1) is 31.1. The molecule has 1 atom stereocenters. The molecular weight excluding hydrogens is 850 g/mol. The van der Waals surface area contributed by atoms with Crippen LogP contribution in [-0.2, 0) is 14.4 Å². The number of piperidine rings is 3. The third-order valence-corrected chi connectivity index (χ3v) is 14.3. The van der Waals surface area contributed by atoms with Crippen LogP contribution in [0.25, 0.3) is 16.6 Å². The lowest BCUT2D eigenvalue weighted by molar-refractivity contribution is -0.164. The fraction of sp³-hybridized carbons (Fsp3) is 0.447. The molecule has 3 saturated heterocycles. The molecule has 1 aliphatic carbocycles. The predicted octanol–water partition coefficient (Wildman–Crippen LogP) is 5.11. The molecule has 17 nitrogen and oxygen atoms in total. The first kappa shape index (κ1) is 43.6. The van der Waals surface area contributed by atoms with Crippen molar-refractivity contribution < 1.29 is 23.9 Å². The van der Waals surface area contributed by atoms with Gasteiger partial charge in [0.25, 0.3) is 17.4 Å². The van der Waals surface area contributed by atoms with Gasteiger partial charge in [-0.2, -0.15) is 9.94 Å². The fourth-order valence-electron chi connectivity index (χ4n) is 10.6. The molecule has 0 spiro atoms. The van der Waals surface area contributed by atoms with Gasteiger partial charge in [-0.3, -0.25) is 29.3 Å². The smallest absolute Gasteiger partial charge is 0.278 e. The van der Waals surface area contributed by atoms with Crippen molar-refractivity contribution in [1.82, 2.24) is 45.5 Å².